The smallest absolute Gasteiger partial charge is 0.307 e. The van der Waals surface area contributed by atoms with E-state index in [0.29, 0.717) is 12.0 Å². The molecule has 0 aliphatic heterocycles. The number of sulfone groups is 1. The Morgan fingerprint density at radius 2 is 1.70 bits per heavy atom. The topological polar surface area (TPSA) is 71.4 Å². The third kappa shape index (κ3) is 4.34. The van der Waals surface area contributed by atoms with E-state index in [1.54, 1.807) is 49.4 Å². The number of fused-ring (bicyclic) bond motifs is 1. The third-order valence-electron chi connectivity index (χ3n) is 4.47. The summed E-state index contributed by atoms with van der Waals surface area (Å²) in [5.41, 5.74) is 2.30. The van der Waals surface area contributed by atoms with Crippen LogP contribution < -0.4 is 0 Å². The zero-order valence-electron chi connectivity index (χ0n) is 14.8. The van der Waals surface area contributed by atoms with Crippen molar-refractivity contribution in [1.29, 1.82) is 0 Å². The first-order valence-electron chi connectivity index (χ1n) is 8.53. The van der Waals surface area contributed by atoms with Crippen LogP contribution in [0.4, 0.5) is 4.39 Å². The number of carboxylic acid groups (broad SMARTS) is 1. The van der Waals surface area contributed by atoms with Crippen LogP contribution in [-0.2, 0) is 27.5 Å². The summed E-state index contributed by atoms with van der Waals surface area (Å²) in [7, 11) is -3.26. The molecule has 140 valence electrons. The molecule has 6 heteroatoms. The fourth-order valence-electron chi connectivity index (χ4n) is 3.10. The van der Waals surface area contributed by atoms with Crippen LogP contribution in [0.15, 0.2) is 59.5 Å². The highest BCUT2D eigenvalue weighted by atomic mass is 32.2. The van der Waals surface area contributed by atoms with E-state index >= 15 is 0 Å². The van der Waals surface area contributed by atoms with Crippen LogP contribution in [0.1, 0.15) is 23.6 Å². The van der Waals surface area contributed by atoms with Crippen LogP contribution in [0.5, 0.6) is 0 Å². The molecule has 0 heterocycles. The number of carboxylic acids is 1. The standard InChI is InChI=1S/C21H19FO4S/c1-2-27(25,26)19-7-3-14(4-8-19)9-17-11-15(12-21(23)24)10-16-5-6-18(22)13-20(16)17/h3-8,10-11,13H,2,9,12H2,1H3,(H,23,24). The molecule has 27 heavy (non-hydrogen) atoms. The Labute approximate surface area is 157 Å². The summed E-state index contributed by atoms with van der Waals surface area (Å²) in [4.78, 5) is 11.3. The highest BCUT2D eigenvalue weighted by molar-refractivity contribution is 7.91. The molecule has 4 nitrogen and oxygen atoms in total. The van der Waals surface area contributed by atoms with E-state index < -0.39 is 15.8 Å². The minimum atomic E-state index is -3.26. The molecule has 3 rings (SSSR count). The van der Waals surface area contributed by atoms with Crippen LogP contribution in [0.25, 0.3) is 10.8 Å². The van der Waals surface area contributed by atoms with E-state index in [2.05, 4.69) is 0 Å². The van der Waals surface area contributed by atoms with Gasteiger partial charge in [0, 0.05) is 0 Å². The number of rotatable bonds is 6. The minimum Gasteiger partial charge on any atom is -0.481 e. The third-order valence-corrected chi connectivity index (χ3v) is 6.22. The van der Waals surface area contributed by atoms with Crippen molar-refractivity contribution in [2.24, 2.45) is 0 Å². The molecule has 3 aromatic carbocycles. The van der Waals surface area contributed by atoms with E-state index in [4.69, 9.17) is 5.11 Å². The van der Waals surface area contributed by atoms with Gasteiger partial charge in [-0.3, -0.25) is 4.79 Å². The summed E-state index contributed by atoms with van der Waals surface area (Å²) in [5.74, 6) is -1.26. The van der Waals surface area contributed by atoms with Gasteiger partial charge in [0.25, 0.3) is 0 Å². The molecule has 0 bridgehead atoms. The Morgan fingerprint density at radius 3 is 2.33 bits per heavy atom. The second-order valence-electron chi connectivity index (χ2n) is 6.42. The Morgan fingerprint density at radius 1 is 1.00 bits per heavy atom. The van der Waals surface area contributed by atoms with Crippen LogP contribution in [0.2, 0.25) is 0 Å². The van der Waals surface area contributed by atoms with Crippen molar-refractivity contribution in [2.75, 3.05) is 5.75 Å². The molecule has 1 N–H and O–H groups in total. The van der Waals surface area contributed by atoms with Gasteiger partial charge in [-0.1, -0.05) is 37.3 Å². The van der Waals surface area contributed by atoms with Gasteiger partial charge in [-0.25, -0.2) is 12.8 Å². The normalized spacial score (nSPS) is 11.6. The monoisotopic (exact) mass is 386 g/mol. The van der Waals surface area contributed by atoms with E-state index in [0.717, 1.165) is 21.9 Å². The quantitative estimate of drug-likeness (QED) is 0.695. The van der Waals surface area contributed by atoms with E-state index in [9.17, 15) is 17.6 Å². The molecule has 0 aliphatic carbocycles. The number of aliphatic carboxylic acids is 1. The number of hydrogen-bond acceptors (Lipinski definition) is 3. The van der Waals surface area contributed by atoms with Gasteiger partial charge in [0.2, 0.25) is 0 Å². The summed E-state index contributed by atoms with van der Waals surface area (Å²) in [5, 5.41) is 10.6. The van der Waals surface area contributed by atoms with Crippen LogP contribution in [-0.4, -0.2) is 25.2 Å². The Balaban J connectivity index is 2.02. The molecule has 0 atom stereocenters. The molecule has 0 aromatic heterocycles. The number of benzene rings is 3. The first-order valence-corrected chi connectivity index (χ1v) is 10.2. The molecule has 0 spiro atoms. The highest BCUT2D eigenvalue weighted by Crippen LogP contribution is 2.26. The lowest BCUT2D eigenvalue weighted by molar-refractivity contribution is -0.136. The summed E-state index contributed by atoms with van der Waals surface area (Å²) in [6.07, 6.45) is 0.327. The SMILES string of the molecule is CCS(=O)(=O)c1ccc(Cc2cc(CC(=O)O)cc3ccc(F)cc23)cc1. The van der Waals surface area contributed by atoms with Crippen molar-refractivity contribution in [3.8, 4) is 0 Å². The molecule has 0 unspecified atom stereocenters. The lowest BCUT2D eigenvalue weighted by Gasteiger charge is -2.11. The van der Waals surface area contributed by atoms with Crippen molar-refractivity contribution in [3.63, 3.8) is 0 Å². The van der Waals surface area contributed by atoms with Crippen molar-refractivity contribution >= 4 is 26.6 Å². The van der Waals surface area contributed by atoms with Gasteiger partial charge >= 0.3 is 5.97 Å². The largest absolute Gasteiger partial charge is 0.481 e. The fourth-order valence-corrected chi connectivity index (χ4v) is 3.98. The van der Waals surface area contributed by atoms with Gasteiger partial charge in [0.1, 0.15) is 5.82 Å². The molecule has 3 aromatic rings. The van der Waals surface area contributed by atoms with E-state index in [-0.39, 0.29) is 22.9 Å². The van der Waals surface area contributed by atoms with Crippen LogP contribution in [0, 0.1) is 5.82 Å². The zero-order chi connectivity index (χ0) is 19.6. The summed E-state index contributed by atoms with van der Waals surface area (Å²) in [6.45, 7) is 1.60. The summed E-state index contributed by atoms with van der Waals surface area (Å²) >= 11 is 0. The van der Waals surface area contributed by atoms with Gasteiger partial charge in [0.15, 0.2) is 9.84 Å². The van der Waals surface area contributed by atoms with Gasteiger partial charge in [-0.2, -0.15) is 0 Å². The van der Waals surface area contributed by atoms with Gasteiger partial charge in [-0.15, -0.1) is 0 Å². The number of carbonyl (C=O) groups is 1. The van der Waals surface area contributed by atoms with Crippen LogP contribution in [0.3, 0.4) is 0 Å². The molecule has 0 fully saturated rings. The predicted molar refractivity (Wildman–Crippen MR) is 102 cm³/mol. The average molecular weight is 386 g/mol. The first-order chi connectivity index (χ1) is 12.8. The predicted octanol–water partition coefficient (Wildman–Crippen LogP) is 3.99. The maximum atomic E-state index is 13.7. The minimum absolute atomic E-state index is 0.0352. The van der Waals surface area contributed by atoms with Crippen molar-refractivity contribution < 1.29 is 22.7 Å². The Hall–Kier alpha value is -2.73. The van der Waals surface area contributed by atoms with Gasteiger partial charge in [-0.05, 0) is 58.1 Å². The van der Waals surface area contributed by atoms with Gasteiger partial charge in [0.05, 0.1) is 17.1 Å². The van der Waals surface area contributed by atoms with E-state index in [1.807, 2.05) is 0 Å². The van der Waals surface area contributed by atoms with Crippen molar-refractivity contribution in [3.05, 3.63) is 77.1 Å². The van der Waals surface area contributed by atoms with Crippen LogP contribution >= 0.6 is 0 Å². The fraction of sp³-hybridized carbons (Fsp3) is 0.190. The maximum absolute atomic E-state index is 13.7. The van der Waals surface area contributed by atoms with E-state index in [1.165, 1.54) is 12.1 Å². The number of hydrogen-bond donors (Lipinski definition) is 1. The first kappa shape index (κ1) is 19.0. The second-order valence-corrected chi connectivity index (χ2v) is 8.69. The average Bonchev–Trinajstić information content (AvgIpc) is 2.62. The summed E-state index contributed by atoms with van der Waals surface area (Å²) in [6, 6.07) is 14.5. The Bertz CT molecular complexity index is 1100. The molecular weight excluding hydrogens is 367 g/mol. The second kappa shape index (κ2) is 7.48. The summed E-state index contributed by atoms with van der Waals surface area (Å²) < 4.78 is 37.6. The maximum Gasteiger partial charge on any atom is 0.307 e. The molecular formula is C21H19FO4S. The molecule has 0 radical (unpaired) electrons. The number of halogens is 1. The highest BCUT2D eigenvalue weighted by Gasteiger charge is 2.12. The van der Waals surface area contributed by atoms with Crippen molar-refractivity contribution in [1.82, 2.24) is 0 Å². The lowest BCUT2D eigenvalue weighted by atomic mass is 9.95. The van der Waals surface area contributed by atoms with Gasteiger partial charge < -0.3 is 5.11 Å². The van der Waals surface area contributed by atoms with Crippen molar-refractivity contribution in [2.45, 2.75) is 24.7 Å². The lowest BCUT2D eigenvalue weighted by Crippen LogP contribution is -2.04. The molecule has 0 saturated heterocycles. The zero-order valence-corrected chi connectivity index (χ0v) is 15.6. The molecule has 0 amide bonds. The Kier molecular flexibility index (Phi) is 5.28. The molecule has 0 saturated carbocycles. The molecule has 0 aliphatic rings.